The van der Waals surface area contributed by atoms with Crippen LogP contribution in [-0.2, 0) is 9.53 Å². The largest absolute Gasteiger partial charge is 0.496 e. The van der Waals surface area contributed by atoms with Crippen LogP contribution in [0.3, 0.4) is 0 Å². The second kappa shape index (κ2) is 6.76. The van der Waals surface area contributed by atoms with Crippen LogP contribution in [0, 0.1) is 0 Å². The second-order valence-electron chi connectivity index (χ2n) is 3.51. The summed E-state index contributed by atoms with van der Waals surface area (Å²) in [6.07, 6.45) is -4.44. The number of amides is 1. The number of hydrogen-bond donors (Lipinski definition) is 1. The fraction of sp³-hybridized carbons (Fsp3) is 0.364. The van der Waals surface area contributed by atoms with Gasteiger partial charge in [-0.15, -0.1) is 0 Å². The first-order chi connectivity index (χ1) is 8.81. The minimum atomic E-state index is -4.44. The van der Waals surface area contributed by atoms with E-state index in [0.29, 0.717) is 15.9 Å². The molecule has 0 saturated heterocycles. The van der Waals surface area contributed by atoms with Crippen LogP contribution in [0.2, 0.25) is 0 Å². The van der Waals surface area contributed by atoms with Crippen molar-refractivity contribution in [3.8, 4) is 5.75 Å². The lowest BCUT2D eigenvalue weighted by atomic mass is 10.3. The van der Waals surface area contributed by atoms with Crippen molar-refractivity contribution in [1.29, 1.82) is 0 Å². The summed E-state index contributed by atoms with van der Waals surface area (Å²) in [5, 5.41) is 2.40. The molecule has 0 aliphatic carbocycles. The van der Waals surface area contributed by atoms with Crippen molar-refractivity contribution in [2.45, 2.75) is 6.18 Å². The summed E-state index contributed by atoms with van der Waals surface area (Å²) in [5.41, 5.74) is 0.424. The van der Waals surface area contributed by atoms with Crippen molar-refractivity contribution >= 4 is 27.5 Å². The van der Waals surface area contributed by atoms with E-state index in [0.717, 1.165) is 0 Å². The number of methoxy groups -OCH3 is 1. The highest BCUT2D eigenvalue weighted by molar-refractivity contribution is 9.10. The van der Waals surface area contributed by atoms with Gasteiger partial charge in [-0.05, 0) is 34.1 Å². The molecule has 0 atom stereocenters. The van der Waals surface area contributed by atoms with Crippen LogP contribution in [0.15, 0.2) is 22.7 Å². The van der Waals surface area contributed by atoms with Crippen molar-refractivity contribution in [2.75, 3.05) is 25.6 Å². The number of ether oxygens (including phenoxy) is 2. The van der Waals surface area contributed by atoms with E-state index in [1.807, 2.05) is 0 Å². The quantitative estimate of drug-likeness (QED) is 0.895. The molecular weight excluding hydrogens is 331 g/mol. The zero-order valence-corrected chi connectivity index (χ0v) is 11.5. The van der Waals surface area contributed by atoms with Crippen molar-refractivity contribution in [2.24, 2.45) is 0 Å². The molecule has 0 aliphatic rings. The van der Waals surface area contributed by atoms with Crippen LogP contribution < -0.4 is 10.1 Å². The average molecular weight is 342 g/mol. The summed E-state index contributed by atoms with van der Waals surface area (Å²) in [6.45, 7) is -2.12. The molecule has 1 aromatic rings. The van der Waals surface area contributed by atoms with E-state index in [4.69, 9.17) is 4.74 Å². The predicted molar refractivity (Wildman–Crippen MR) is 66.2 cm³/mol. The van der Waals surface area contributed by atoms with E-state index in [9.17, 15) is 18.0 Å². The Balaban J connectivity index is 2.46. The third-order valence-electron chi connectivity index (χ3n) is 1.93. The Morgan fingerprint density at radius 2 is 2.11 bits per heavy atom. The molecule has 0 aliphatic heterocycles. The lowest BCUT2D eigenvalue weighted by Gasteiger charge is -2.09. The smallest absolute Gasteiger partial charge is 0.411 e. The Bertz CT molecular complexity index is 451. The predicted octanol–water partition coefficient (Wildman–Crippen LogP) is 2.98. The molecule has 1 aromatic carbocycles. The molecule has 8 heteroatoms. The number of rotatable bonds is 5. The van der Waals surface area contributed by atoms with Crippen LogP contribution in [0.1, 0.15) is 0 Å². The molecule has 4 nitrogen and oxygen atoms in total. The summed E-state index contributed by atoms with van der Waals surface area (Å²) in [4.78, 5) is 11.3. The first-order valence-electron chi connectivity index (χ1n) is 5.09. The van der Waals surface area contributed by atoms with Gasteiger partial charge in [-0.25, -0.2) is 0 Å². The standard InChI is InChI=1S/C11H11BrF3NO3/c1-18-9-3-2-7(4-8(9)12)16-10(17)5-19-6-11(13,14)15/h2-4H,5-6H2,1H3,(H,16,17). The number of hydrogen-bond acceptors (Lipinski definition) is 3. The second-order valence-corrected chi connectivity index (χ2v) is 4.36. The Kier molecular flexibility index (Phi) is 5.61. The summed E-state index contributed by atoms with van der Waals surface area (Å²) in [5.74, 6) is -0.0902. The van der Waals surface area contributed by atoms with Crippen molar-refractivity contribution in [1.82, 2.24) is 0 Å². The maximum Gasteiger partial charge on any atom is 0.411 e. The molecule has 0 spiro atoms. The maximum absolute atomic E-state index is 11.8. The first kappa shape index (κ1) is 15.8. The lowest BCUT2D eigenvalue weighted by molar-refractivity contribution is -0.174. The van der Waals surface area contributed by atoms with Gasteiger partial charge in [0, 0.05) is 5.69 Å². The topological polar surface area (TPSA) is 47.6 Å². The Hall–Kier alpha value is -1.28. The summed E-state index contributed by atoms with van der Waals surface area (Å²) >= 11 is 3.22. The molecule has 0 aromatic heterocycles. The van der Waals surface area contributed by atoms with Gasteiger partial charge < -0.3 is 14.8 Å². The van der Waals surface area contributed by atoms with Gasteiger partial charge in [-0.2, -0.15) is 13.2 Å². The van der Waals surface area contributed by atoms with Gasteiger partial charge in [0.15, 0.2) is 0 Å². The molecule has 106 valence electrons. The summed E-state index contributed by atoms with van der Waals surface area (Å²) in [7, 11) is 1.49. The highest BCUT2D eigenvalue weighted by Crippen LogP contribution is 2.27. The maximum atomic E-state index is 11.8. The minimum Gasteiger partial charge on any atom is -0.496 e. The molecule has 0 radical (unpaired) electrons. The van der Waals surface area contributed by atoms with Crippen LogP contribution in [0.4, 0.5) is 18.9 Å². The Morgan fingerprint density at radius 1 is 1.42 bits per heavy atom. The van der Waals surface area contributed by atoms with E-state index in [2.05, 4.69) is 26.0 Å². The molecule has 0 unspecified atom stereocenters. The lowest BCUT2D eigenvalue weighted by Crippen LogP contribution is -2.23. The normalized spacial score (nSPS) is 11.2. The van der Waals surface area contributed by atoms with Crippen LogP contribution >= 0.6 is 15.9 Å². The molecule has 1 N–H and O–H groups in total. The number of carbonyl (C=O) groups is 1. The van der Waals surface area contributed by atoms with Gasteiger partial charge in [0.2, 0.25) is 5.91 Å². The summed E-state index contributed by atoms with van der Waals surface area (Å²) < 4.78 is 45.2. The third kappa shape index (κ3) is 5.93. The van der Waals surface area contributed by atoms with Gasteiger partial charge >= 0.3 is 6.18 Å². The molecule has 0 fully saturated rings. The third-order valence-corrected chi connectivity index (χ3v) is 2.55. The van der Waals surface area contributed by atoms with Crippen molar-refractivity contribution < 1.29 is 27.4 Å². The monoisotopic (exact) mass is 341 g/mol. The minimum absolute atomic E-state index is 0.424. The van der Waals surface area contributed by atoms with Crippen molar-refractivity contribution in [3.63, 3.8) is 0 Å². The number of anilines is 1. The number of nitrogens with one attached hydrogen (secondary N) is 1. The molecule has 0 saturated carbocycles. The number of alkyl halides is 3. The highest BCUT2D eigenvalue weighted by Gasteiger charge is 2.27. The van der Waals surface area contributed by atoms with Gasteiger partial charge in [0.05, 0.1) is 11.6 Å². The molecule has 0 bridgehead atoms. The first-order valence-corrected chi connectivity index (χ1v) is 5.89. The van der Waals surface area contributed by atoms with E-state index < -0.39 is 25.3 Å². The molecule has 1 amide bonds. The zero-order valence-electron chi connectivity index (χ0n) is 9.88. The van der Waals surface area contributed by atoms with E-state index >= 15 is 0 Å². The summed E-state index contributed by atoms with van der Waals surface area (Å²) in [6, 6.07) is 4.74. The molecule has 19 heavy (non-hydrogen) atoms. The van der Waals surface area contributed by atoms with Gasteiger partial charge in [0.25, 0.3) is 0 Å². The van der Waals surface area contributed by atoms with E-state index in [1.54, 1.807) is 18.2 Å². The Morgan fingerprint density at radius 3 is 2.63 bits per heavy atom. The molecule has 0 heterocycles. The van der Waals surface area contributed by atoms with Crippen LogP contribution in [-0.4, -0.2) is 32.4 Å². The molecular formula is C11H11BrF3NO3. The SMILES string of the molecule is COc1ccc(NC(=O)COCC(F)(F)F)cc1Br. The fourth-order valence-corrected chi connectivity index (χ4v) is 1.74. The van der Waals surface area contributed by atoms with E-state index in [1.165, 1.54) is 7.11 Å². The fourth-order valence-electron chi connectivity index (χ4n) is 1.20. The van der Waals surface area contributed by atoms with Gasteiger partial charge in [-0.1, -0.05) is 0 Å². The van der Waals surface area contributed by atoms with E-state index in [-0.39, 0.29) is 0 Å². The van der Waals surface area contributed by atoms with Crippen LogP contribution in [0.5, 0.6) is 5.75 Å². The van der Waals surface area contributed by atoms with Gasteiger partial charge in [-0.3, -0.25) is 4.79 Å². The highest BCUT2D eigenvalue weighted by atomic mass is 79.9. The van der Waals surface area contributed by atoms with Gasteiger partial charge in [0.1, 0.15) is 19.0 Å². The molecule has 1 rings (SSSR count). The van der Waals surface area contributed by atoms with Crippen LogP contribution in [0.25, 0.3) is 0 Å². The number of halogens is 4. The number of carbonyl (C=O) groups excluding carboxylic acids is 1. The average Bonchev–Trinajstić information content (AvgIpc) is 2.27. The van der Waals surface area contributed by atoms with Crippen molar-refractivity contribution in [3.05, 3.63) is 22.7 Å². The number of benzene rings is 1. The zero-order chi connectivity index (χ0) is 14.5. The Labute approximate surface area is 116 Å².